The molecule has 0 bridgehead atoms. The maximum atomic E-state index is 5.53. The molecule has 1 heterocycles. The van der Waals surface area contributed by atoms with Gasteiger partial charge in [0.15, 0.2) is 0 Å². The first-order chi connectivity index (χ1) is 6.08. The molecule has 0 aromatic carbocycles. The van der Waals surface area contributed by atoms with Crippen LogP contribution in [0.2, 0.25) is 0 Å². The second-order valence-corrected chi connectivity index (χ2v) is 4.22. The van der Waals surface area contributed by atoms with E-state index >= 15 is 0 Å². The molecule has 0 saturated heterocycles. The zero-order chi connectivity index (χ0) is 9.47. The third-order valence-corrected chi connectivity index (χ3v) is 2.52. The predicted octanol–water partition coefficient (Wildman–Crippen LogP) is 1.27. The van der Waals surface area contributed by atoms with Crippen molar-refractivity contribution in [1.29, 1.82) is 0 Å². The zero-order valence-corrected chi connectivity index (χ0v) is 7.91. The average Bonchev–Trinajstić information content (AvgIpc) is 2.58. The molecule has 4 nitrogen and oxygen atoms in total. The van der Waals surface area contributed by atoms with E-state index in [1.54, 1.807) is 6.07 Å². The molecule has 1 aromatic rings. The summed E-state index contributed by atoms with van der Waals surface area (Å²) in [6.45, 7) is 4.46. The smallest absolute Gasteiger partial charge is 0.131 e. The van der Waals surface area contributed by atoms with Gasteiger partial charge in [0.1, 0.15) is 18.0 Å². The fourth-order valence-electron chi connectivity index (χ4n) is 1.34. The highest BCUT2D eigenvalue weighted by Gasteiger charge is 2.45. The predicted molar refractivity (Wildman–Crippen MR) is 52.3 cm³/mol. The van der Waals surface area contributed by atoms with Crippen molar-refractivity contribution in [3.8, 4) is 0 Å². The summed E-state index contributed by atoms with van der Waals surface area (Å²) in [5.41, 5.74) is 5.93. The summed E-state index contributed by atoms with van der Waals surface area (Å²) in [6, 6.07) is 2.29. The van der Waals surface area contributed by atoms with Crippen LogP contribution in [0.5, 0.6) is 0 Å². The van der Waals surface area contributed by atoms with Crippen molar-refractivity contribution in [1.82, 2.24) is 9.97 Å². The van der Waals surface area contributed by atoms with Gasteiger partial charge < -0.3 is 11.1 Å². The number of rotatable bonds is 2. The molecule has 70 valence electrons. The van der Waals surface area contributed by atoms with Crippen LogP contribution in [0.25, 0.3) is 0 Å². The van der Waals surface area contributed by atoms with Crippen LogP contribution >= 0.6 is 0 Å². The summed E-state index contributed by atoms with van der Waals surface area (Å²) in [4.78, 5) is 7.91. The standard InChI is InChI=1S/C9H14N4/c1-9(2)4-6(9)13-8-3-7(10)11-5-12-8/h3,5-6H,4H2,1-2H3,(H3,10,11,12,13). The zero-order valence-electron chi connectivity index (χ0n) is 7.91. The van der Waals surface area contributed by atoms with Crippen molar-refractivity contribution in [3.63, 3.8) is 0 Å². The molecule has 1 saturated carbocycles. The van der Waals surface area contributed by atoms with E-state index < -0.39 is 0 Å². The van der Waals surface area contributed by atoms with Gasteiger partial charge in [0.2, 0.25) is 0 Å². The Morgan fingerprint density at radius 2 is 2.23 bits per heavy atom. The van der Waals surface area contributed by atoms with Gasteiger partial charge in [0.25, 0.3) is 0 Å². The van der Waals surface area contributed by atoms with Crippen LogP contribution in [0.1, 0.15) is 20.3 Å². The van der Waals surface area contributed by atoms with E-state index in [2.05, 4.69) is 29.1 Å². The second-order valence-electron chi connectivity index (χ2n) is 4.22. The highest BCUT2D eigenvalue weighted by molar-refractivity contribution is 5.45. The quantitative estimate of drug-likeness (QED) is 0.715. The number of nitrogens with one attached hydrogen (secondary N) is 1. The van der Waals surface area contributed by atoms with Crippen molar-refractivity contribution < 1.29 is 0 Å². The number of aromatic nitrogens is 2. The van der Waals surface area contributed by atoms with E-state index in [9.17, 15) is 0 Å². The Hall–Kier alpha value is -1.32. The maximum absolute atomic E-state index is 5.53. The van der Waals surface area contributed by atoms with E-state index in [-0.39, 0.29) is 0 Å². The number of nitrogens with zero attached hydrogens (tertiary/aromatic N) is 2. The molecule has 0 radical (unpaired) electrons. The van der Waals surface area contributed by atoms with Gasteiger partial charge in [-0.15, -0.1) is 0 Å². The van der Waals surface area contributed by atoms with Crippen molar-refractivity contribution in [2.45, 2.75) is 26.3 Å². The van der Waals surface area contributed by atoms with Crippen LogP contribution in [-0.4, -0.2) is 16.0 Å². The molecule has 0 spiro atoms. The Labute approximate surface area is 77.6 Å². The van der Waals surface area contributed by atoms with Gasteiger partial charge in [-0.3, -0.25) is 0 Å². The van der Waals surface area contributed by atoms with Crippen LogP contribution in [0.3, 0.4) is 0 Å². The van der Waals surface area contributed by atoms with Gasteiger partial charge in [0, 0.05) is 12.1 Å². The van der Waals surface area contributed by atoms with Gasteiger partial charge in [-0.1, -0.05) is 13.8 Å². The molecule has 0 aliphatic heterocycles. The average molecular weight is 178 g/mol. The van der Waals surface area contributed by atoms with Crippen molar-refractivity contribution in [2.24, 2.45) is 5.41 Å². The molecule has 1 unspecified atom stereocenters. The lowest BCUT2D eigenvalue weighted by atomic mass is 10.2. The Balaban J connectivity index is 2.03. The first-order valence-corrected chi connectivity index (χ1v) is 4.42. The summed E-state index contributed by atoms with van der Waals surface area (Å²) < 4.78 is 0. The molecule has 13 heavy (non-hydrogen) atoms. The Bertz CT molecular complexity index is 321. The Morgan fingerprint density at radius 1 is 1.54 bits per heavy atom. The summed E-state index contributed by atoms with van der Waals surface area (Å²) in [7, 11) is 0. The topological polar surface area (TPSA) is 63.8 Å². The second kappa shape index (κ2) is 2.58. The third kappa shape index (κ3) is 1.71. The van der Waals surface area contributed by atoms with Crippen molar-refractivity contribution in [3.05, 3.63) is 12.4 Å². The van der Waals surface area contributed by atoms with Crippen LogP contribution in [-0.2, 0) is 0 Å². The number of nitrogens with two attached hydrogens (primary N) is 1. The molecule has 3 N–H and O–H groups in total. The highest BCUT2D eigenvalue weighted by Crippen LogP contribution is 2.46. The fraction of sp³-hybridized carbons (Fsp3) is 0.556. The van der Waals surface area contributed by atoms with Gasteiger partial charge >= 0.3 is 0 Å². The first kappa shape index (κ1) is 8.29. The van der Waals surface area contributed by atoms with Gasteiger partial charge in [-0.25, -0.2) is 9.97 Å². The fourth-order valence-corrected chi connectivity index (χ4v) is 1.34. The molecule has 4 heteroatoms. The lowest BCUT2D eigenvalue weighted by Crippen LogP contribution is -2.10. The summed E-state index contributed by atoms with van der Waals surface area (Å²) in [6.07, 6.45) is 2.67. The molecule has 1 aliphatic carbocycles. The minimum atomic E-state index is 0.402. The third-order valence-electron chi connectivity index (χ3n) is 2.52. The largest absolute Gasteiger partial charge is 0.384 e. The minimum Gasteiger partial charge on any atom is -0.384 e. The van der Waals surface area contributed by atoms with Crippen molar-refractivity contribution >= 4 is 11.6 Å². The molecule has 2 rings (SSSR count). The highest BCUT2D eigenvalue weighted by atomic mass is 15.1. The summed E-state index contributed by atoms with van der Waals surface area (Å²) in [5, 5.41) is 3.32. The van der Waals surface area contributed by atoms with E-state index in [1.807, 2.05) is 0 Å². The normalized spacial score (nSPS) is 24.0. The van der Waals surface area contributed by atoms with Crippen LogP contribution < -0.4 is 11.1 Å². The van der Waals surface area contributed by atoms with E-state index in [0.717, 1.165) is 5.82 Å². The molecular formula is C9H14N4. The van der Waals surface area contributed by atoms with Crippen LogP contribution in [0.15, 0.2) is 12.4 Å². The Kier molecular flexibility index (Phi) is 1.65. The van der Waals surface area contributed by atoms with Crippen LogP contribution in [0, 0.1) is 5.41 Å². The molecule has 1 aromatic heterocycles. The SMILES string of the molecule is CC1(C)CC1Nc1cc(N)ncn1. The first-order valence-electron chi connectivity index (χ1n) is 4.42. The minimum absolute atomic E-state index is 0.402. The van der Waals surface area contributed by atoms with Crippen molar-refractivity contribution in [2.75, 3.05) is 11.1 Å². The van der Waals surface area contributed by atoms with Gasteiger partial charge in [-0.2, -0.15) is 0 Å². The molecule has 1 aliphatic rings. The van der Waals surface area contributed by atoms with Gasteiger partial charge in [0.05, 0.1) is 0 Å². The van der Waals surface area contributed by atoms with E-state index in [4.69, 9.17) is 5.73 Å². The van der Waals surface area contributed by atoms with E-state index in [1.165, 1.54) is 12.7 Å². The lowest BCUT2D eigenvalue weighted by Gasteiger charge is -2.06. The van der Waals surface area contributed by atoms with Gasteiger partial charge in [-0.05, 0) is 11.8 Å². The van der Waals surface area contributed by atoms with Crippen LogP contribution in [0.4, 0.5) is 11.6 Å². The molecular weight excluding hydrogens is 164 g/mol. The number of hydrogen-bond donors (Lipinski definition) is 2. The molecule has 1 atom stereocenters. The number of nitrogen functional groups attached to an aromatic ring is 1. The molecule has 1 fully saturated rings. The lowest BCUT2D eigenvalue weighted by molar-refractivity contribution is 0.630. The molecule has 0 amide bonds. The Morgan fingerprint density at radius 3 is 2.77 bits per heavy atom. The summed E-state index contributed by atoms with van der Waals surface area (Å²) >= 11 is 0. The number of hydrogen-bond acceptors (Lipinski definition) is 4. The summed E-state index contributed by atoms with van der Waals surface area (Å²) in [5.74, 6) is 1.33. The number of anilines is 2. The monoisotopic (exact) mass is 178 g/mol. The maximum Gasteiger partial charge on any atom is 0.131 e. The van der Waals surface area contributed by atoms with E-state index in [0.29, 0.717) is 17.3 Å².